The molecule has 5 nitrogen and oxygen atoms in total. The van der Waals surface area contributed by atoms with Crippen molar-refractivity contribution in [3.05, 3.63) is 23.8 Å². The zero-order chi connectivity index (χ0) is 14.3. The molecule has 5 heteroatoms. The van der Waals surface area contributed by atoms with Gasteiger partial charge in [0.2, 0.25) is 11.8 Å². The van der Waals surface area contributed by atoms with Crippen LogP contribution in [0.15, 0.2) is 18.2 Å². The number of amides is 2. The standard InChI is InChI=1S/C15H19N3O2/c1-2-17(12-4-5-12)15(20)9-18-13-6-3-11(16)7-10(13)8-14(18)19/h3,6-7,12H,2,4-5,8-9,16H2,1H3. The number of benzene rings is 1. The maximum Gasteiger partial charge on any atom is 0.242 e. The van der Waals surface area contributed by atoms with Crippen LogP contribution in [0, 0.1) is 0 Å². The number of carbonyl (C=O) groups excluding carboxylic acids is 2. The second-order valence-electron chi connectivity index (χ2n) is 5.46. The number of hydrogen-bond acceptors (Lipinski definition) is 3. The van der Waals surface area contributed by atoms with Crippen LogP contribution in [0.5, 0.6) is 0 Å². The monoisotopic (exact) mass is 273 g/mol. The molecule has 0 saturated heterocycles. The normalized spacial score (nSPS) is 17.2. The van der Waals surface area contributed by atoms with Crippen LogP contribution in [0.4, 0.5) is 11.4 Å². The molecule has 1 aromatic rings. The van der Waals surface area contributed by atoms with Gasteiger partial charge in [-0.1, -0.05) is 0 Å². The first-order chi connectivity index (χ1) is 9.60. The summed E-state index contributed by atoms with van der Waals surface area (Å²) in [6.07, 6.45) is 2.50. The van der Waals surface area contributed by atoms with Crippen molar-refractivity contribution in [1.82, 2.24) is 4.90 Å². The smallest absolute Gasteiger partial charge is 0.242 e. The molecule has 3 rings (SSSR count). The van der Waals surface area contributed by atoms with E-state index in [2.05, 4.69) is 0 Å². The van der Waals surface area contributed by atoms with E-state index in [-0.39, 0.29) is 18.4 Å². The Hall–Kier alpha value is -2.04. The molecule has 1 heterocycles. The van der Waals surface area contributed by atoms with Gasteiger partial charge in [0.25, 0.3) is 0 Å². The second kappa shape index (κ2) is 4.81. The van der Waals surface area contributed by atoms with Crippen LogP contribution in [0.2, 0.25) is 0 Å². The quantitative estimate of drug-likeness (QED) is 0.837. The lowest BCUT2D eigenvalue weighted by Gasteiger charge is -2.24. The number of carbonyl (C=O) groups is 2. The first kappa shape index (κ1) is 13.0. The molecule has 0 radical (unpaired) electrons. The minimum atomic E-state index is -0.0224. The molecule has 0 aromatic heterocycles. The third kappa shape index (κ3) is 2.24. The van der Waals surface area contributed by atoms with Crippen LogP contribution in [0.25, 0.3) is 0 Å². The van der Waals surface area contributed by atoms with Gasteiger partial charge in [0.15, 0.2) is 0 Å². The zero-order valence-electron chi connectivity index (χ0n) is 11.6. The number of fused-ring (bicyclic) bond motifs is 1. The lowest BCUT2D eigenvalue weighted by atomic mass is 10.1. The number of nitrogen functional groups attached to an aromatic ring is 1. The number of anilines is 2. The molecule has 2 amide bonds. The van der Waals surface area contributed by atoms with Gasteiger partial charge in [0.05, 0.1) is 6.42 Å². The molecule has 1 aromatic carbocycles. The van der Waals surface area contributed by atoms with E-state index in [9.17, 15) is 9.59 Å². The molecule has 0 bridgehead atoms. The fourth-order valence-electron chi connectivity index (χ4n) is 2.83. The van der Waals surface area contributed by atoms with Crippen LogP contribution in [0.3, 0.4) is 0 Å². The Kier molecular flexibility index (Phi) is 3.12. The molecule has 1 saturated carbocycles. The van der Waals surface area contributed by atoms with Gasteiger partial charge in [-0.05, 0) is 43.5 Å². The third-order valence-electron chi connectivity index (χ3n) is 3.98. The molecule has 1 aliphatic heterocycles. The van der Waals surface area contributed by atoms with Gasteiger partial charge in [0.1, 0.15) is 6.54 Å². The first-order valence-electron chi connectivity index (χ1n) is 7.08. The van der Waals surface area contributed by atoms with E-state index in [0.717, 1.165) is 24.1 Å². The molecular weight excluding hydrogens is 254 g/mol. The number of nitrogens with two attached hydrogens (primary N) is 1. The highest BCUT2D eigenvalue weighted by atomic mass is 16.2. The van der Waals surface area contributed by atoms with Crippen LogP contribution in [0.1, 0.15) is 25.3 Å². The van der Waals surface area contributed by atoms with Crippen molar-refractivity contribution < 1.29 is 9.59 Å². The number of nitrogens with zero attached hydrogens (tertiary/aromatic N) is 2. The average Bonchev–Trinajstić information content (AvgIpc) is 3.17. The van der Waals surface area contributed by atoms with E-state index in [1.165, 1.54) is 0 Å². The fraction of sp³-hybridized carbons (Fsp3) is 0.467. The maximum atomic E-state index is 12.3. The van der Waals surface area contributed by atoms with E-state index in [4.69, 9.17) is 5.73 Å². The highest BCUT2D eigenvalue weighted by Crippen LogP contribution is 2.31. The largest absolute Gasteiger partial charge is 0.399 e. The summed E-state index contributed by atoms with van der Waals surface area (Å²) in [4.78, 5) is 27.9. The lowest BCUT2D eigenvalue weighted by molar-refractivity contribution is -0.131. The van der Waals surface area contributed by atoms with Gasteiger partial charge in [-0.25, -0.2) is 0 Å². The molecule has 2 N–H and O–H groups in total. The Morgan fingerprint density at radius 1 is 1.45 bits per heavy atom. The predicted molar refractivity (Wildman–Crippen MR) is 77.3 cm³/mol. The molecule has 0 atom stereocenters. The Labute approximate surface area is 118 Å². The zero-order valence-corrected chi connectivity index (χ0v) is 11.6. The summed E-state index contributed by atoms with van der Waals surface area (Å²) in [6.45, 7) is 2.83. The Balaban J connectivity index is 1.78. The van der Waals surface area contributed by atoms with Crippen molar-refractivity contribution in [1.29, 1.82) is 0 Å². The van der Waals surface area contributed by atoms with Crippen LogP contribution >= 0.6 is 0 Å². The van der Waals surface area contributed by atoms with Crippen LogP contribution in [-0.4, -0.2) is 35.8 Å². The van der Waals surface area contributed by atoms with Gasteiger partial charge in [0, 0.05) is 24.0 Å². The van der Waals surface area contributed by atoms with Crippen molar-refractivity contribution in [3.8, 4) is 0 Å². The summed E-state index contributed by atoms with van der Waals surface area (Å²) in [6, 6.07) is 5.80. The Morgan fingerprint density at radius 3 is 2.85 bits per heavy atom. The fourth-order valence-corrected chi connectivity index (χ4v) is 2.83. The van der Waals surface area contributed by atoms with Crippen molar-refractivity contribution in [2.24, 2.45) is 0 Å². The molecule has 20 heavy (non-hydrogen) atoms. The van der Waals surface area contributed by atoms with E-state index in [1.807, 2.05) is 24.0 Å². The highest BCUT2D eigenvalue weighted by molar-refractivity contribution is 6.05. The van der Waals surface area contributed by atoms with Gasteiger partial charge >= 0.3 is 0 Å². The minimum Gasteiger partial charge on any atom is -0.399 e. The second-order valence-corrected chi connectivity index (χ2v) is 5.46. The average molecular weight is 273 g/mol. The molecule has 0 spiro atoms. The Morgan fingerprint density at radius 2 is 2.20 bits per heavy atom. The van der Waals surface area contributed by atoms with Gasteiger partial charge in [-0.3, -0.25) is 9.59 Å². The number of hydrogen-bond donors (Lipinski definition) is 1. The molecule has 106 valence electrons. The summed E-state index contributed by atoms with van der Waals surface area (Å²) in [5.41, 5.74) is 8.12. The van der Waals surface area contributed by atoms with Gasteiger partial charge in [-0.2, -0.15) is 0 Å². The SMILES string of the molecule is CCN(C(=O)CN1C(=O)Cc2cc(N)ccc21)C1CC1. The molecule has 1 aliphatic carbocycles. The highest BCUT2D eigenvalue weighted by Gasteiger charge is 2.35. The van der Waals surface area contributed by atoms with Crippen molar-refractivity contribution >= 4 is 23.2 Å². The maximum absolute atomic E-state index is 12.3. The van der Waals surface area contributed by atoms with E-state index in [1.54, 1.807) is 11.0 Å². The molecular formula is C15H19N3O2. The van der Waals surface area contributed by atoms with E-state index >= 15 is 0 Å². The van der Waals surface area contributed by atoms with E-state index < -0.39 is 0 Å². The van der Waals surface area contributed by atoms with Crippen molar-refractivity contribution in [2.75, 3.05) is 23.7 Å². The molecule has 2 aliphatic rings. The van der Waals surface area contributed by atoms with E-state index in [0.29, 0.717) is 24.7 Å². The van der Waals surface area contributed by atoms with Gasteiger partial charge in [-0.15, -0.1) is 0 Å². The summed E-state index contributed by atoms with van der Waals surface area (Å²) in [5.74, 6) is 0.0128. The summed E-state index contributed by atoms with van der Waals surface area (Å²) < 4.78 is 0. The lowest BCUT2D eigenvalue weighted by Crippen LogP contribution is -2.42. The number of rotatable bonds is 4. The first-order valence-corrected chi connectivity index (χ1v) is 7.08. The third-order valence-corrected chi connectivity index (χ3v) is 3.98. The minimum absolute atomic E-state index is 0.0224. The van der Waals surface area contributed by atoms with Crippen molar-refractivity contribution in [3.63, 3.8) is 0 Å². The van der Waals surface area contributed by atoms with Crippen LogP contribution < -0.4 is 10.6 Å². The van der Waals surface area contributed by atoms with Crippen molar-refractivity contribution in [2.45, 2.75) is 32.2 Å². The Bertz CT molecular complexity index is 566. The molecule has 1 fully saturated rings. The summed E-state index contributed by atoms with van der Waals surface area (Å²) in [5, 5.41) is 0. The molecule has 0 unspecified atom stereocenters. The van der Waals surface area contributed by atoms with Crippen LogP contribution in [-0.2, 0) is 16.0 Å². The topological polar surface area (TPSA) is 66.6 Å². The number of likely N-dealkylation sites (N-methyl/N-ethyl adjacent to an activating group) is 1. The van der Waals surface area contributed by atoms with Gasteiger partial charge < -0.3 is 15.5 Å². The predicted octanol–water partition coefficient (Wildman–Crippen LogP) is 1.17. The summed E-state index contributed by atoms with van der Waals surface area (Å²) >= 11 is 0. The summed E-state index contributed by atoms with van der Waals surface area (Å²) in [7, 11) is 0.